The number of rotatable bonds is 3. The Bertz CT molecular complexity index is 799. The van der Waals surface area contributed by atoms with E-state index in [1.54, 1.807) is 14.1 Å². The van der Waals surface area contributed by atoms with Gasteiger partial charge in [0, 0.05) is 25.2 Å². The van der Waals surface area contributed by atoms with Crippen LogP contribution in [0.5, 0.6) is 0 Å². The van der Waals surface area contributed by atoms with Crippen LogP contribution >= 0.6 is 0 Å². The van der Waals surface area contributed by atoms with E-state index in [0.29, 0.717) is 11.5 Å². The van der Waals surface area contributed by atoms with Gasteiger partial charge < -0.3 is 9.64 Å². The van der Waals surface area contributed by atoms with Gasteiger partial charge in [0.25, 0.3) is 5.91 Å². The number of likely N-dealkylation sites (N-methyl/N-ethyl adjacent to an activating group) is 1. The first kappa shape index (κ1) is 16.4. The number of carbonyl (C=O) groups excluding carboxylic acids is 2. The van der Waals surface area contributed by atoms with E-state index in [2.05, 4.69) is 6.92 Å². The summed E-state index contributed by atoms with van der Waals surface area (Å²) in [7, 11) is 3.28. The van der Waals surface area contributed by atoms with Crippen LogP contribution in [0.4, 0.5) is 0 Å². The van der Waals surface area contributed by atoms with Crippen molar-refractivity contribution in [3.05, 3.63) is 41.1 Å². The minimum atomic E-state index is -0.436. The Kier molecular flexibility index (Phi) is 4.51. The number of aryl methyl sites for hydroxylation is 1. The first-order chi connectivity index (χ1) is 11.5. The Morgan fingerprint density at radius 2 is 2.04 bits per heavy atom. The molecule has 0 bridgehead atoms. The topological polar surface area (TPSA) is 59.5 Å². The van der Waals surface area contributed by atoms with Crippen LogP contribution in [0.25, 0.3) is 10.9 Å². The Morgan fingerprint density at radius 3 is 2.79 bits per heavy atom. The van der Waals surface area contributed by atoms with E-state index in [0.717, 1.165) is 41.4 Å². The fourth-order valence-corrected chi connectivity index (χ4v) is 3.12. The van der Waals surface area contributed by atoms with Crippen molar-refractivity contribution in [2.75, 3.05) is 20.7 Å². The highest BCUT2D eigenvalue weighted by molar-refractivity contribution is 6.05. The summed E-state index contributed by atoms with van der Waals surface area (Å²) in [5.41, 5.74) is 3.35. The molecular formula is C19H22N2O3. The SMILES string of the molecule is CC1CCc2nc3ccccc3c(C(=O)OCC(=O)N(C)C)c2C1. The summed E-state index contributed by atoms with van der Waals surface area (Å²) in [4.78, 5) is 30.6. The molecule has 0 fully saturated rings. The zero-order valence-corrected chi connectivity index (χ0v) is 14.3. The number of nitrogens with zero attached hydrogens (tertiary/aromatic N) is 2. The molecule has 0 aliphatic heterocycles. The second kappa shape index (κ2) is 6.59. The molecule has 1 heterocycles. The molecule has 1 aliphatic rings. The third-order valence-corrected chi connectivity index (χ3v) is 4.54. The number of esters is 1. The molecule has 0 spiro atoms. The number of carbonyl (C=O) groups is 2. The number of fused-ring (bicyclic) bond motifs is 2. The van der Waals surface area contributed by atoms with Crippen LogP contribution in [-0.4, -0.2) is 42.5 Å². The number of para-hydroxylation sites is 1. The fourth-order valence-electron chi connectivity index (χ4n) is 3.12. The number of pyridine rings is 1. The van der Waals surface area contributed by atoms with Crippen molar-refractivity contribution in [1.82, 2.24) is 9.88 Å². The van der Waals surface area contributed by atoms with Gasteiger partial charge in [0.2, 0.25) is 0 Å². The first-order valence-corrected chi connectivity index (χ1v) is 8.25. The molecule has 1 amide bonds. The van der Waals surface area contributed by atoms with Gasteiger partial charge >= 0.3 is 5.97 Å². The normalized spacial score (nSPS) is 16.5. The summed E-state index contributed by atoms with van der Waals surface area (Å²) in [5, 5.41) is 0.799. The maximum Gasteiger partial charge on any atom is 0.339 e. The second-order valence-corrected chi connectivity index (χ2v) is 6.64. The van der Waals surface area contributed by atoms with Gasteiger partial charge in [0.05, 0.1) is 11.1 Å². The summed E-state index contributed by atoms with van der Waals surface area (Å²) < 4.78 is 5.30. The summed E-state index contributed by atoms with van der Waals surface area (Å²) in [6.45, 7) is 1.94. The molecule has 1 aromatic heterocycles. The number of hydrogen-bond donors (Lipinski definition) is 0. The van der Waals surface area contributed by atoms with Crippen LogP contribution in [0.15, 0.2) is 24.3 Å². The molecule has 1 aromatic carbocycles. The van der Waals surface area contributed by atoms with Gasteiger partial charge in [-0.3, -0.25) is 9.78 Å². The van der Waals surface area contributed by atoms with Crippen molar-refractivity contribution in [2.24, 2.45) is 5.92 Å². The van der Waals surface area contributed by atoms with Crippen molar-refractivity contribution in [2.45, 2.75) is 26.2 Å². The molecule has 5 heteroatoms. The number of hydrogen-bond acceptors (Lipinski definition) is 4. The van der Waals surface area contributed by atoms with Crippen molar-refractivity contribution < 1.29 is 14.3 Å². The monoisotopic (exact) mass is 326 g/mol. The van der Waals surface area contributed by atoms with E-state index < -0.39 is 5.97 Å². The smallest absolute Gasteiger partial charge is 0.339 e. The number of benzene rings is 1. The lowest BCUT2D eigenvalue weighted by Gasteiger charge is -2.24. The average molecular weight is 326 g/mol. The van der Waals surface area contributed by atoms with Crippen molar-refractivity contribution in [3.8, 4) is 0 Å². The Labute approximate surface area is 141 Å². The highest BCUT2D eigenvalue weighted by Crippen LogP contribution is 2.31. The molecule has 0 N–H and O–H groups in total. The molecule has 1 aliphatic carbocycles. The second-order valence-electron chi connectivity index (χ2n) is 6.64. The highest BCUT2D eigenvalue weighted by atomic mass is 16.5. The highest BCUT2D eigenvalue weighted by Gasteiger charge is 2.26. The lowest BCUT2D eigenvalue weighted by molar-refractivity contribution is -0.131. The summed E-state index contributed by atoms with van der Waals surface area (Å²) in [6, 6.07) is 7.62. The molecule has 2 aromatic rings. The van der Waals surface area contributed by atoms with Gasteiger partial charge in [0.15, 0.2) is 6.61 Å². The molecule has 0 radical (unpaired) electrons. The van der Waals surface area contributed by atoms with Crippen molar-refractivity contribution in [1.29, 1.82) is 0 Å². The van der Waals surface area contributed by atoms with Gasteiger partial charge in [-0.05, 0) is 36.8 Å². The fraction of sp³-hybridized carbons (Fsp3) is 0.421. The van der Waals surface area contributed by atoms with Crippen LogP contribution in [0.1, 0.15) is 35.0 Å². The van der Waals surface area contributed by atoms with E-state index in [-0.39, 0.29) is 12.5 Å². The van der Waals surface area contributed by atoms with Gasteiger partial charge in [-0.1, -0.05) is 25.1 Å². The third kappa shape index (κ3) is 3.11. The van der Waals surface area contributed by atoms with Gasteiger partial charge in [0.1, 0.15) is 0 Å². The molecule has 1 atom stereocenters. The largest absolute Gasteiger partial charge is 0.452 e. The van der Waals surface area contributed by atoms with Crippen molar-refractivity contribution in [3.63, 3.8) is 0 Å². The van der Waals surface area contributed by atoms with E-state index in [9.17, 15) is 9.59 Å². The standard InChI is InChI=1S/C19H22N2O3/c1-12-8-9-16-14(10-12)18(13-6-4-5-7-15(13)20-16)19(23)24-11-17(22)21(2)3/h4-7,12H,8-11H2,1-3H3. The van der Waals surface area contributed by atoms with Gasteiger partial charge in [-0.2, -0.15) is 0 Å². The molecule has 3 rings (SSSR count). The molecular weight excluding hydrogens is 304 g/mol. The average Bonchev–Trinajstić information content (AvgIpc) is 2.57. The summed E-state index contributed by atoms with van der Waals surface area (Å²) in [5.74, 6) is -0.159. The predicted octanol–water partition coefficient (Wildman–Crippen LogP) is 2.60. The quantitative estimate of drug-likeness (QED) is 0.814. The van der Waals surface area contributed by atoms with Crippen LogP contribution in [0.3, 0.4) is 0 Å². The molecule has 0 saturated heterocycles. The molecule has 5 nitrogen and oxygen atoms in total. The molecule has 1 unspecified atom stereocenters. The lowest BCUT2D eigenvalue weighted by atomic mass is 9.84. The van der Waals surface area contributed by atoms with Crippen LogP contribution in [0, 0.1) is 5.92 Å². The van der Waals surface area contributed by atoms with Crippen LogP contribution in [0.2, 0.25) is 0 Å². The van der Waals surface area contributed by atoms with E-state index in [1.807, 2.05) is 24.3 Å². The van der Waals surface area contributed by atoms with Crippen LogP contribution in [-0.2, 0) is 22.4 Å². The lowest BCUT2D eigenvalue weighted by Crippen LogP contribution is -2.28. The number of amides is 1. The first-order valence-electron chi connectivity index (χ1n) is 8.25. The molecule has 24 heavy (non-hydrogen) atoms. The van der Waals surface area contributed by atoms with Crippen molar-refractivity contribution >= 4 is 22.8 Å². The maximum atomic E-state index is 12.7. The third-order valence-electron chi connectivity index (χ3n) is 4.54. The van der Waals surface area contributed by atoms with E-state index >= 15 is 0 Å². The van der Waals surface area contributed by atoms with E-state index in [1.165, 1.54) is 4.90 Å². The maximum absolute atomic E-state index is 12.7. The molecule has 0 saturated carbocycles. The minimum Gasteiger partial charge on any atom is -0.452 e. The predicted molar refractivity (Wildman–Crippen MR) is 91.9 cm³/mol. The van der Waals surface area contributed by atoms with Gasteiger partial charge in [-0.15, -0.1) is 0 Å². The van der Waals surface area contributed by atoms with Gasteiger partial charge in [-0.25, -0.2) is 4.79 Å². The zero-order valence-electron chi connectivity index (χ0n) is 14.3. The number of aromatic nitrogens is 1. The Hall–Kier alpha value is -2.43. The van der Waals surface area contributed by atoms with E-state index in [4.69, 9.17) is 9.72 Å². The number of ether oxygens (including phenoxy) is 1. The zero-order chi connectivity index (χ0) is 17.3. The van der Waals surface area contributed by atoms with Crippen LogP contribution < -0.4 is 0 Å². The Balaban J connectivity index is 2.03. The summed E-state index contributed by atoms with van der Waals surface area (Å²) >= 11 is 0. The molecule has 126 valence electrons. The summed E-state index contributed by atoms with van der Waals surface area (Å²) in [6.07, 6.45) is 2.77. The Morgan fingerprint density at radius 1 is 1.29 bits per heavy atom. The minimum absolute atomic E-state index is 0.232.